The van der Waals surface area contributed by atoms with Gasteiger partial charge in [-0.1, -0.05) is 12.1 Å². The van der Waals surface area contributed by atoms with Gasteiger partial charge in [-0.15, -0.1) is 0 Å². The van der Waals surface area contributed by atoms with Crippen molar-refractivity contribution in [1.29, 1.82) is 5.41 Å². The molecule has 1 heterocycles. The lowest BCUT2D eigenvalue weighted by molar-refractivity contribution is -0.122. The van der Waals surface area contributed by atoms with Crippen LogP contribution in [0.25, 0.3) is 0 Å². The molecule has 4 N–H and O–H groups in total. The smallest absolute Gasteiger partial charge is 0.247 e. The normalized spacial score (nSPS) is 15.6. The van der Waals surface area contributed by atoms with Crippen LogP contribution in [0, 0.1) is 12.3 Å². The molecule has 1 fully saturated rings. The molecule has 0 radical (unpaired) electrons. The minimum Gasteiger partial charge on any atom is -0.493 e. The maximum absolute atomic E-state index is 13.2. The molecular weight excluding hydrogens is 498 g/mol. The molecule has 0 saturated carbocycles. The van der Waals surface area contributed by atoms with Gasteiger partial charge in [0.05, 0.1) is 25.5 Å². The molecule has 37 heavy (non-hydrogen) atoms. The molecule has 1 aliphatic heterocycles. The molecule has 2 aromatic carbocycles. The lowest BCUT2D eigenvalue weighted by atomic mass is 10.0. The fourth-order valence-corrected chi connectivity index (χ4v) is 4.89. The van der Waals surface area contributed by atoms with Gasteiger partial charge in [0.1, 0.15) is 6.04 Å². The monoisotopic (exact) mass is 531 g/mol. The zero-order valence-corrected chi connectivity index (χ0v) is 22.2. The summed E-state index contributed by atoms with van der Waals surface area (Å²) in [5.41, 5.74) is 1.75. The molecule has 3 rings (SSSR count). The fourth-order valence-electron chi connectivity index (χ4n) is 4.13. The Labute approximate surface area is 217 Å². The number of nitrogens with zero attached hydrogens (tertiary/aromatic N) is 1. The first-order valence-electron chi connectivity index (χ1n) is 11.8. The van der Waals surface area contributed by atoms with Crippen LogP contribution in [0.15, 0.2) is 41.3 Å². The van der Waals surface area contributed by atoms with Crippen LogP contribution < -0.4 is 24.8 Å². The predicted molar refractivity (Wildman–Crippen MR) is 140 cm³/mol. The number of hydrogen-bond donors (Lipinski definition) is 4. The summed E-state index contributed by atoms with van der Waals surface area (Å²) >= 11 is 0. The Bertz CT molecular complexity index is 1280. The maximum atomic E-state index is 13.2. The predicted octanol–water partition coefficient (Wildman–Crippen LogP) is 2.01. The lowest BCUT2D eigenvalue weighted by Gasteiger charge is -2.36. The largest absolute Gasteiger partial charge is 0.493 e. The summed E-state index contributed by atoms with van der Waals surface area (Å²) in [6, 6.07) is 8.95. The number of sulfonamides is 1. The first-order chi connectivity index (χ1) is 17.6. The number of guanidine groups is 1. The molecule has 1 aliphatic rings. The third kappa shape index (κ3) is 6.77. The van der Waals surface area contributed by atoms with Crippen molar-refractivity contribution in [3.63, 3.8) is 0 Å². The van der Waals surface area contributed by atoms with Crippen LogP contribution in [0.3, 0.4) is 0 Å². The highest BCUT2D eigenvalue weighted by atomic mass is 32.2. The van der Waals surface area contributed by atoms with Gasteiger partial charge in [0, 0.05) is 12.2 Å². The number of anilines is 1. The van der Waals surface area contributed by atoms with Gasteiger partial charge in [0.15, 0.2) is 17.5 Å². The van der Waals surface area contributed by atoms with Crippen LogP contribution in [0.2, 0.25) is 0 Å². The van der Waals surface area contributed by atoms with Gasteiger partial charge in [-0.2, -0.15) is 0 Å². The summed E-state index contributed by atoms with van der Waals surface area (Å²) in [4.78, 5) is 27.5. The first-order valence-corrected chi connectivity index (χ1v) is 13.3. The van der Waals surface area contributed by atoms with E-state index in [0.717, 1.165) is 12.8 Å². The van der Waals surface area contributed by atoms with Crippen LogP contribution in [0.1, 0.15) is 30.4 Å². The molecule has 0 spiro atoms. The van der Waals surface area contributed by atoms with Gasteiger partial charge in [-0.3, -0.25) is 20.3 Å². The quantitative estimate of drug-likeness (QED) is 0.301. The van der Waals surface area contributed by atoms with Crippen molar-refractivity contribution in [1.82, 2.24) is 14.9 Å². The molecule has 1 saturated heterocycles. The van der Waals surface area contributed by atoms with Crippen molar-refractivity contribution in [3.8, 4) is 11.5 Å². The second kappa shape index (κ2) is 12.1. The van der Waals surface area contributed by atoms with Gasteiger partial charge in [-0.05, 0) is 68.6 Å². The zero-order chi connectivity index (χ0) is 27.2. The first kappa shape index (κ1) is 27.9. The number of rotatable bonds is 8. The summed E-state index contributed by atoms with van der Waals surface area (Å²) in [6.07, 6.45) is 2.06. The Morgan fingerprint density at radius 3 is 2.49 bits per heavy atom. The Morgan fingerprint density at radius 2 is 1.81 bits per heavy atom. The highest BCUT2D eigenvalue weighted by Crippen LogP contribution is 2.28. The fraction of sp³-hybridized carbons (Fsp3) is 0.400. The highest BCUT2D eigenvalue weighted by molar-refractivity contribution is 7.89. The number of methoxy groups -OCH3 is 2. The molecule has 0 aromatic heterocycles. The van der Waals surface area contributed by atoms with Crippen molar-refractivity contribution in [2.45, 2.75) is 43.5 Å². The number of likely N-dealkylation sites (tertiary alicyclic amines) is 1. The van der Waals surface area contributed by atoms with Gasteiger partial charge in [0.2, 0.25) is 21.8 Å². The summed E-state index contributed by atoms with van der Waals surface area (Å²) in [5, 5.41) is 13.9. The third-order valence-corrected chi connectivity index (χ3v) is 7.62. The van der Waals surface area contributed by atoms with Crippen LogP contribution in [-0.4, -0.2) is 64.9 Å². The average Bonchev–Trinajstić information content (AvgIpc) is 2.89. The second-order valence-corrected chi connectivity index (χ2v) is 10.5. The Balaban J connectivity index is 1.70. The van der Waals surface area contributed by atoms with Gasteiger partial charge < -0.3 is 19.7 Å². The van der Waals surface area contributed by atoms with Crippen LogP contribution >= 0.6 is 0 Å². The molecule has 0 unspecified atom stereocenters. The summed E-state index contributed by atoms with van der Waals surface area (Å²) in [7, 11) is 0.677. The number of piperidine rings is 1. The molecule has 11 nitrogen and oxygen atoms in total. The number of hydrogen-bond acceptors (Lipinski definition) is 7. The molecule has 0 bridgehead atoms. The topological polar surface area (TPSA) is 150 Å². The second-order valence-electron chi connectivity index (χ2n) is 8.64. The van der Waals surface area contributed by atoms with Gasteiger partial charge in [0.25, 0.3) is 0 Å². The van der Waals surface area contributed by atoms with Crippen LogP contribution in [0.5, 0.6) is 11.5 Å². The molecule has 2 aromatic rings. The average molecular weight is 532 g/mol. The minimum absolute atomic E-state index is 0.0133. The van der Waals surface area contributed by atoms with Gasteiger partial charge in [-0.25, -0.2) is 13.1 Å². The van der Waals surface area contributed by atoms with E-state index in [1.807, 2.05) is 0 Å². The molecule has 0 aliphatic carbocycles. The maximum Gasteiger partial charge on any atom is 0.247 e. The number of benzene rings is 2. The number of nitrogens with one attached hydrogen (secondary N) is 4. The van der Waals surface area contributed by atoms with E-state index in [1.54, 1.807) is 36.1 Å². The number of ether oxygens (including phenoxy) is 2. The Morgan fingerprint density at radius 1 is 1.08 bits per heavy atom. The number of aryl methyl sites for hydroxylation is 1. The molecule has 12 heteroatoms. The Hall–Kier alpha value is -3.64. The van der Waals surface area contributed by atoms with E-state index in [4.69, 9.17) is 14.9 Å². The van der Waals surface area contributed by atoms with E-state index in [-0.39, 0.29) is 23.2 Å². The van der Waals surface area contributed by atoms with E-state index in [1.165, 1.54) is 33.4 Å². The third-order valence-electron chi connectivity index (χ3n) is 6.21. The van der Waals surface area contributed by atoms with Crippen molar-refractivity contribution in [3.05, 3.63) is 47.5 Å². The molecule has 2 amide bonds. The van der Waals surface area contributed by atoms with E-state index in [0.29, 0.717) is 41.3 Å². The van der Waals surface area contributed by atoms with E-state index < -0.39 is 22.0 Å². The van der Waals surface area contributed by atoms with Crippen molar-refractivity contribution in [2.75, 3.05) is 33.1 Å². The minimum atomic E-state index is -3.68. The SMILES string of the molecule is CNS(=O)(=O)c1ccc(C)c(NC(=O)[C@H]2CCCCN2C(=N)NC(=O)Cc2ccc(OC)c(OC)c2)c1. The highest BCUT2D eigenvalue weighted by Gasteiger charge is 2.31. The molecule has 200 valence electrons. The van der Waals surface area contributed by atoms with Crippen molar-refractivity contribution < 1.29 is 27.5 Å². The summed E-state index contributed by atoms with van der Waals surface area (Å²) in [5.74, 6) is 0.112. The summed E-state index contributed by atoms with van der Waals surface area (Å²) < 4.78 is 37.1. The van der Waals surface area contributed by atoms with Crippen LogP contribution in [-0.2, 0) is 26.0 Å². The van der Waals surface area contributed by atoms with Crippen LogP contribution in [0.4, 0.5) is 5.69 Å². The van der Waals surface area contributed by atoms with Crippen molar-refractivity contribution in [2.24, 2.45) is 0 Å². The molecule has 1 atom stereocenters. The van der Waals surface area contributed by atoms with E-state index >= 15 is 0 Å². The molecular formula is C25H33N5O6S. The Kier molecular flexibility index (Phi) is 9.11. The van der Waals surface area contributed by atoms with Crippen molar-refractivity contribution >= 4 is 33.5 Å². The lowest BCUT2D eigenvalue weighted by Crippen LogP contribution is -2.54. The number of carbonyl (C=O) groups excluding carboxylic acids is 2. The summed E-state index contributed by atoms with van der Waals surface area (Å²) in [6.45, 7) is 2.20. The van der Waals surface area contributed by atoms with E-state index in [2.05, 4.69) is 15.4 Å². The standard InChI is InChI=1S/C25H33N5O6S/c1-16-8-10-18(37(33,34)27-2)15-19(16)28-24(32)20-7-5-6-12-30(20)25(26)29-23(31)14-17-9-11-21(35-3)22(13-17)36-4/h8-11,13,15,20,27H,5-7,12,14H2,1-4H3,(H,28,32)(H2,26,29,31)/t20-/m1/s1. The number of amides is 2. The van der Waals surface area contributed by atoms with E-state index in [9.17, 15) is 18.0 Å². The van der Waals surface area contributed by atoms with Gasteiger partial charge >= 0.3 is 0 Å². The number of carbonyl (C=O) groups is 2. The zero-order valence-electron chi connectivity index (χ0n) is 21.4.